The van der Waals surface area contributed by atoms with Gasteiger partial charge in [-0.1, -0.05) is 34.6 Å². The average molecular weight is 214 g/mol. The van der Waals surface area contributed by atoms with Crippen molar-refractivity contribution in [1.29, 1.82) is 0 Å². The minimum Gasteiger partial charge on any atom is -0.355 e. The lowest BCUT2D eigenvalue weighted by Gasteiger charge is -2.24. The molecule has 90 valence electrons. The van der Waals surface area contributed by atoms with E-state index >= 15 is 0 Å². The summed E-state index contributed by atoms with van der Waals surface area (Å²) in [5.74, 6) is 0.204. The smallest absolute Gasteiger partial charge is 0.224 e. The van der Waals surface area contributed by atoms with Crippen LogP contribution in [-0.4, -0.2) is 25.5 Å². The molecule has 0 aliphatic heterocycles. The average Bonchev–Trinajstić information content (AvgIpc) is 2.22. The van der Waals surface area contributed by atoms with Gasteiger partial charge >= 0.3 is 0 Å². The molecule has 0 radical (unpaired) electrons. The van der Waals surface area contributed by atoms with Crippen molar-refractivity contribution in [2.24, 2.45) is 11.3 Å². The van der Waals surface area contributed by atoms with E-state index in [1.165, 1.54) is 0 Å². The van der Waals surface area contributed by atoms with Crippen LogP contribution in [0.1, 0.15) is 41.0 Å². The second-order valence-electron chi connectivity index (χ2n) is 4.94. The van der Waals surface area contributed by atoms with Gasteiger partial charge in [-0.3, -0.25) is 4.79 Å². The fraction of sp³-hybridized carbons (Fsp3) is 0.917. The second-order valence-corrected chi connectivity index (χ2v) is 4.94. The van der Waals surface area contributed by atoms with Gasteiger partial charge in [0.2, 0.25) is 5.91 Å². The Bertz CT molecular complexity index is 190. The first-order chi connectivity index (χ1) is 6.93. The summed E-state index contributed by atoms with van der Waals surface area (Å²) in [6.07, 6.45) is 1.08. The summed E-state index contributed by atoms with van der Waals surface area (Å²) < 4.78 is 0. The maximum absolute atomic E-state index is 11.7. The fourth-order valence-electron chi connectivity index (χ4n) is 1.08. The van der Waals surface area contributed by atoms with E-state index in [1.54, 1.807) is 0 Å². The summed E-state index contributed by atoms with van der Waals surface area (Å²) in [4.78, 5) is 11.7. The van der Waals surface area contributed by atoms with Gasteiger partial charge in [0.1, 0.15) is 0 Å². The maximum atomic E-state index is 11.7. The second kappa shape index (κ2) is 6.83. The molecule has 15 heavy (non-hydrogen) atoms. The molecular weight excluding hydrogens is 188 g/mol. The van der Waals surface area contributed by atoms with Gasteiger partial charge in [0.15, 0.2) is 0 Å². The molecule has 0 saturated carbocycles. The van der Waals surface area contributed by atoms with Crippen molar-refractivity contribution < 1.29 is 4.79 Å². The van der Waals surface area contributed by atoms with Crippen molar-refractivity contribution in [3.8, 4) is 0 Å². The third-order valence-corrected chi connectivity index (χ3v) is 2.85. The van der Waals surface area contributed by atoms with Crippen molar-refractivity contribution in [2.75, 3.05) is 19.6 Å². The first kappa shape index (κ1) is 14.4. The summed E-state index contributed by atoms with van der Waals surface area (Å²) in [6, 6.07) is 0. The quantitative estimate of drug-likeness (QED) is 0.678. The van der Waals surface area contributed by atoms with E-state index in [9.17, 15) is 4.79 Å². The van der Waals surface area contributed by atoms with Gasteiger partial charge in [-0.2, -0.15) is 0 Å². The van der Waals surface area contributed by atoms with E-state index in [0.29, 0.717) is 0 Å². The number of hydrogen-bond donors (Lipinski definition) is 2. The van der Waals surface area contributed by atoms with E-state index in [-0.39, 0.29) is 17.2 Å². The van der Waals surface area contributed by atoms with Crippen LogP contribution in [0.2, 0.25) is 0 Å². The molecule has 0 bridgehead atoms. The molecule has 0 aromatic heterocycles. The van der Waals surface area contributed by atoms with Gasteiger partial charge in [-0.25, -0.2) is 0 Å². The first-order valence-corrected chi connectivity index (χ1v) is 5.91. The Labute approximate surface area is 94.0 Å². The predicted octanol–water partition coefficient (Wildman–Crippen LogP) is 1.78. The normalized spacial score (nSPS) is 13.7. The van der Waals surface area contributed by atoms with Crippen LogP contribution in [0.3, 0.4) is 0 Å². The number of carbonyl (C=O) groups is 1. The Morgan fingerprint density at radius 1 is 1.33 bits per heavy atom. The highest BCUT2D eigenvalue weighted by Crippen LogP contribution is 2.17. The number of nitrogens with one attached hydrogen (secondary N) is 2. The Balaban J connectivity index is 3.82. The largest absolute Gasteiger partial charge is 0.355 e. The lowest BCUT2D eigenvalue weighted by molar-refractivity contribution is -0.124. The zero-order valence-corrected chi connectivity index (χ0v) is 10.8. The molecule has 0 aliphatic rings. The lowest BCUT2D eigenvalue weighted by Crippen LogP contribution is -2.39. The van der Waals surface area contributed by atoms with E-state index in [2.05, 4.69) is 31.4 Å². The van der Waals surface area contributed by atoms with Crippen molar-refractivity contribution >= 4 is 5.91 Å². The van der Waals surface area contributed by atoms with E-state index in [1.807, 2.05) is 13.8 Å². The third-order valence-electron chi connectivity index (χ3n) is 2.85. The minimum atomic E-state index is 0.0533. The van der Waals surface area contributed by atoms with E-state index in [4.69, 9.17) is 0 Å². The van der Waals surface area contributed by atoms with Crippen LogP contribution in [0.4, 0.5) is 0 Å². The molecule has 0 spiro atoms. The molecule has 3 nitrogen and oxygen atoms in total. The van der Waals surface area contributed by atoms with Gasteiger partial charge < -0.3 is 10.6 Å². The monoisotopic (exact) mass is 214 g/mol. The summed E-state index contributed by atoms with van der Waals surface area (Å²) in [6.45, 7) is 12.9. The highest BCUT2D eigenvalue weighted by Gasteiger charge is 2.18. The number of hydrogen-bond acceptors (Lipinski definition) is 2. The van der Waals surface area contributed by atoms with Crippen LogP contribution in [-0.2, 0) is 4.79 Å². The highest BCUT2D eigenvalue weighted by molar-refractivity contribution is 5.78. The number of rotatable bonds is 7. The lowest BCUT2D eigenvalue weighted by atomic mass is 9.90. The van der Waals surface area contributed by atoms with Crippen LogP contribution in [0.15, 0.2) is 0 Å². The van der Waals surface area contributed by atoms with Crippen LogP contribution in [0, 0.1) is 11.3 Å². The molecule has 3 heteroatoms. The molecule has 1 unspecified atom stereocenters. The Kier molecular flexibility index (Phi) is 6.57. The SMILES string of the molecule is CCNCC(C)C(=O)NCC(C)(C)CC. The molecule has 1 atom stereocenters. The Morgan fingerprint density at radius 3 is 2.40 bits per heavy atom. The van der Waals surface area contributed by atoms with Crippen molar-refractivity contribution in [2.45, 2.75) is 41.0 Å². The van der Waals surface area contributed by atoms with Gasteiger partial charge in [0, 0.05) is 19.0 Å². The number of carbonyl (C=O) groups excluding carboxylic acids is 1. The summed E-state index contributed by atoms with van der Waals surface area (Å²) in [5, 5.41) is 6.18. The molecule has 0 fully saturated rings. The third kappa shape index (κ3) is 6.50. The molecular formula is C12H26N2O. The Hall–Kier alpha value is -0.570. The summed E-state index contributed by atoms with van der Waals surface area (Å²) in [7, 11) is 0. The molecule has 0 saturated heterocycles. The van der Waals surface area contributed by atoms with Gasteiger partial charge in [0.05, 0.1) is 0 Å². The molecule has 0 aromatic rings. The number of amides is 1. The van der Waals surface area contributed by atoms with Crippen LogP contribution in [0.5, 0.6) is 0 Å². The van der Waals surface area contributed by atoms with E-state index in [0.717, 1.165) is 26.1 Å². The summed E-state index contributed by atoms with van der Waals surface area (Å²) >= 11 is 0. The van der Waals surface area contributed by atoms with Crippen molar-refractivity contribution in [3.05, 3.63) is 0 Å². The summed E-state index contributed by atoms with van der Waals surface area (Å²) in [5.41, 5.74) is 0.202. The highest BCUT2D eigenvalue weighted by atomic mass is 16.1. The molecule has 0 rings (SSSR count). The van der Waals surface area contributed by atoms with Crippen molar-refractivity contribution in [1.82, 2.24) is 10.6 Å². The first-order valence-electron chi connectivity index (χ1n) is 5.91. The standard InChI is InChI=1S/C12H26N2O/c1-6-12(4,5)9-14-11(15)10(3)8-13-7-2/h10,13H,6-9H2,1-5H3,(H,14,15). The molecule has 1 amide bonds. The minimum absolute atomic E-state index is 0.0533. The predicted molar refractivity (Wildman–Crippen MR) is 64.8 cm³/mol. The van der Waals surface area contributed by atoms with Crippen LogP contribution < -0.4 is 10.6 Å². The molecule has 0 aliphatic carbocycles. The van der Waals surface area contributed by atoms with Gasteiger partial charge in [-0.15, -0.1) is 0 Å². The zero-order valence-electron chi connectivity index (χ0n) is 10.8. The molecule has 2 N–H and O–H groups in total. The van der Waals surface area contributed by atoms with Gasteiger partial charge in [-0.05, 0) is 18.4 Å². The van der Waals surface area contributed by atoms with Crippen molar-refractivity contribution in [3.63, 3.8) is 0 Å². The molecule has 0 aromatic carbocycles. The Morgan fingerprint density at radius 2 is 1.93 bits per heavy atom. The van der Waals surface area contributed by atoms with E-state index < -0.39 is 0 Å². The fourth-order valence-corrected chi connectivity index (χ4v) is 1.08. The van der Waals surface area contributed by atoms with Gasteiger partial charge in [0.25, 0.3) is 0 Å². The van der Waals surface area contributed by atoms with Crippen LogP contribution >= 0.6 is 0 Å². The maximum Gasteiger partial charge on any atom is 0.224 e. The molecule has 0 heterocycles. The van der Waals surface area contributed by atoms with Crippen LogP contribution in [0.25, 0.3) is 0 Å². The topological polar surface area (TPSA) is 41.1 Å². The zero-order chi connectivity index (χ0) is 11.9.